The summed E-state index contributed by atoms with van der Waals surface area (Å²) in [6.45, 7) is 1.88. The minimum Gasteiger partial charge on any atom is -0.506 e. The number of ether oxygens (including phenoxy) is 2. The third-order valence-electron chi connectivity index (χ3n) is 4.14. The number of rotatable bonds is 6. The number of phenols is 1. The normalized spacial score (nSPS) is 10.5. The summed E-state index contributed by atoms with van der Waals surface area (Å²) in [5, 5.41) is 12.5. The van der Waals surface area contributed by atoms with Gasteiger partial charge in [-0.3, -0.25) is 4.79 Å². The van der Waals surface area contributed by atoms with E-state index < -0.39 is 5.91 Å². The van der Waals surface area contributed by atoms with Crippen LogP contribution in [0.25, 0.3) is 0 Å². The number of aromatic hydroxyl groups is 1. The largest absolute Gasteiger partial charge is 0.506 e. The molecule has 0 aliphatic carbocycles. The average molecular weight is 367 g/mol. The molecule has 0 radical (unpaired) electrons. The highest BCUT2D eigenvalue weighted by Gasteiger charge is 2.15. The number of hydrogen-bond donors (Lipinski definition) is 2. The fraction of sp³-hybridized carbons (Fsp3) is 0.190. The molecule has 3 aromatic rings. The van der Waals surface area contributed by atoms with E-state index in [1.807, 2.05) is 25.1 Å². The zero-order valence-electron chi connectivity index (χ0n) is 15.4. The van der Waals surface area contributed by atoms with Crippen molar-refractivity contribution in [2.75, 3.05) is 19.5 Å². The number of hydrogen-bond acceptors (Lipinski definition) is 5. The van der Waals surface area contributed by atoms with Gasteiger partial charge in [0.1, 0.15) is 23.0 Å². The highest BCUT2D eigenvalue weighted by molar-refractivity contribution is 6.03. The molecule has 6 nitrogen and oxygen atoms in total. The summed E-state index contributed by atoms with van der Waals surface area (Å²) >= 11 is 0. The Kier molecular flexibility index (Phi) is 5.35. The van der Waals surface area contributed by atoms with E-state index in [1.54, 1.807) is 38.5 Å². The van der Waals surface area contributed by atoms with Gasteiger partial charge >= 0.3 is 0 Å². The fourth-order valence-corrected chi connectivity index (χ4v) is 2.74. The van der Waals surface area contributed by atoms with Gasteiger partial charge in [-0.25, -0.2) is 0 Å². The summed E-state index contributed by atoms with van der Waals surface area (Å²) in [5.41, 5.74) is 2.15. The first-order valence-corrected chi connectivity index (χ1v) is 8.40. The molecule has 27 heavy (non-hydrogen) atoms. The average Bonchev–Trinajstić information content (AvgIpc) is 3.13. The molecule has 6 heteroatoms. The van der Waals surface area contributed by atoms with Gasteiger partial charge in [-0.05, 0) is 55.0 Å². The van der Waals surface area contributed by atoms with Crippen molar-refractivity contribution >= 4 is 11.6 Å². The molecule has 2 aromatic carbocycles. The summed E-state index contributed by atoms with van der Waals surface area (Å²) in [4.78, 5) is 12.4. The van der Waals surface area contributed by atoms with E-state index in [1.165, 1.54) is 6.07 Å². The maximum absolute atomic E-state index is 12.4. The number of methoxy groups -OCH3 is 2. The van der Waals surface area contributed by atoms with E-state index in [0.29, 0.717) is 29.4 Å². The monoisotopic (exact) mass is 367 g/mol. The molecular formula is C21H21NO5. The number of aryl methyl sites for hydroxylation is 1. The number of phenolic OH excluding ortho intramolecular Hbond substituents is 1. The van der Waals surface area contributed by atoms with Crippen LogP contribution in [0.1, 0.15) is 27.4 Å². The van der Waals surface area contributed by atoms with Gasteiger partial charge < -0.3 is 24.3 Å². The predicted octanol–water partition coefficient (Wildman–Crippen LogP) is 4.15. The Bertz CT molecular complexity index is 961. The Balaban J connectivity index is 1.77. The lowest BCUT2D eigenvalue weighted by Crippen LogP contribution is -2.11. The molecule has 0 saturated carbocycles. The number of furan rings is 1. The smallest absolute Gasteiger partial charge is 0.291 e. The molecule has 0 atom stereocenters. The fourth-order valence-electron chi connectivity index (χ4n) is 2.74. The molecular weight excluding hydrogens is 346 g/mol. The minimum atomic E-state index is -0.431. The van der Waals surface area contributed by atoms with Crippen LogP contribution in [0.2, 0.25) is 0 Å². The van der Waals surface area contributed by atoms with E-state index in [2.05, 4.69) is 5.32 Å². The van der Waals surface area contributed by atoms with Gasteiger partial charge in [-0.1, -0.05) is 6.07 Å². The van der Waals surface area contributed by atoms with E-state index in [-0.39, 0.29) is 11.5 Å². The Morgan fingerprint density at radius 2 is 1.89 bits per heavy atom. The van der Waals surface area contributed by atoms with Crippen molar-refractivity contribution in [3.05, 3.63) is 71.2 Å². The number of benzene rings is 2. The second-order valence-corrected chi connectivity index (χ2v) is 6.10. The topological polar surface area (TPSA) is 80.9 Å². The van der Waals surface area contributed by atoms with Crippen LogP contribution in [0.5, 0.6) is 17.2 Å². The lowest BCUT2D eigenvalue weighted by Gasteiger charge is -2.09. The Morgan fingerprint density at radius 3 is 2.63 bits per heavy atom. The van der Waals surface area contributed by atoms with Crippen LogP contribution >= 0.6 is 0 Å². The summed E-state index contributed by atoms with van der Waals surface area (Å²) in [7, 11) is 3.20. The van der Waals surface area contributed by atoms with E-state index in [4.69, 9.17) is 13.9 Å². The maximum atomic E-state index is 12.4. The summed E-state index contributed by atoms with van der Waals surface area (Å²) in [6.07, 6.45) is 0.448. The van der Waals surface area contributed by atoms with Crippen LogP contribution in [0.3, 0.4) is 0 Å². The van der Waals surface area contributed by atoms with Gasteiger partial charge in [0.2, 0.25) is 0 Å². The predicted molar refractivity (Wildman–Crippen MR) is 102 cm³/mol. The first-order chi connectivity index (χ1) is 13.0. The Morgan fingerprint density at radius 1 is 1.07 bits per heavy atom. The molecule has 2 N–H and O–H groups in total. The third kappa shape index (κ3) is 4.23. The molecule has 1 amide bonds. The number of nitrogens with one attached hydrogen (secondary N) is 1. The van der Waals surface area contributed by atoms with Gasteiger partial charge in [0.25, 0.3) is 5.91 Å². The number of carbonyl (C=O) groups is 1. The molecule has 0 aliphatic heterocycles. The Labute approximate surface area is 157 Å². The quantitative estimate of drug-likeness (QED) is 0.640. The minimum absolute atomic E-state index is 0.00171. The van der Waals surface area contributed by atoms with Gasteiger partial charge in [0.15, 0.2) is 5.76 Å². The standard InChI is InChI=1S/C21H21NO5/c1-13-4-7-18(23)17(10-13)22-21(24)20-9-6-16(27-20)12-14-11-15(25-2)5-8-19(14)26-3/h4-11,23H,12H2,1-3H3,(H,22,24). The zero-order valence-corrected chi connectivity index (χ0v) is 15.4. The van der Waals surface area contributed by atoms with Gasteiger partial charge in [0.05, 0.1) is 19.9 Å². The summed E-state index contributed by atoms with van der Waals surface area (Å²) in [5.74, 6) is 1.77. The van der Waals surface area contributed by atoms with Crippen molar-refractivity contribution < 1.29 is 23.8 Å². The molecule has 0 saturated heterocycles. The number of amides is 1. The molecule has 3 rings (SSSR count). The van der Waals surface area contributed by atoms with Crippen LogP contribution in [-0.2, 0) is 6.42 Å². The maximum Gasteiger partial charge on any atom is 0.291 e. The van der Waals surface area contributed by atoms with Gasteiger partial charge in [-0.15, -0.1) is 0 Å². The van der Waals surface area contributed by atoms with Crippen molar-refractivity contribution in [3.63, 3.8) is 0 Å². The molecule has 0 aliphatic rings. The summed E-state index contributed by atoms with van der Waals surface area (Å²) in [6, 6.07) is 13.8. The Hall–Kier alpha value is -3.41. The molecule has 0 fully saturated rings. The molecule has 1 heterocycles. The van der Waals surface area contributed by atoms with Gasteiger partial charge in [-0.2, -0.15) is 0 Å². The highest BCUT2D eigenvalue weighted by atomic mass is 16.5. The van der Waals surface area contributed by atoms with Crippen LogP contribution in [-0.4, -0.2) is 25.2 Å². The van der Waals surface area contributed by atoms with Crippen molar-refractivity contribution in [1.29, 1.82) is 0 Å². The third-order valence-corrected chi connectivity index (χ3v) is 4.14. The highest BCUT2D eigenvalue weighted by Crippen LogP contribution is 2.28. The molecule has 0 unspecified atom stereocenters. The van der Waals surface area contributed by atoms with Crippen LogP contribution in [0.15, 0.2) is 52.9 Å². The van der Waals surface area contributed by atoms with E-state index in [9.17, 15) is 9.90 Å². The molecule has 0 spiro atoms. The summed E-state index contributed by atoms with van der Waals surface area (Å²) < 4.78 is 16.3. The second kappa shape index (κ2) is 7.86. The SMILES string of the molecule is COc1ccc(OC)c(Cc2ccc(C(=O)Nc3cc(C)ccc3O)o2)c1. The second-order valence-electron chi connectivity index (χ2n) is 6.10. The number of anilines is 1. The first kappa shape index (κ1) is 18.4. The van der Waals surface area contributed by atoms with Crippen molar-refractivity contribution in [2.24, 2.45) is 0 Å². The van der Waals surface area contributed by atoms with E-state index >= 15 is 0 Å². The lowest BCUT2D eigenvalue weighted by molar-refractivity contribution is 0.0994. The first-order valence-electron chi connectivity index (χ1n) is 8.40. The molecule has 0 bridgehead atoms. The molecule has 1 aromatic heterocycles. The lowest BCUT2D eigenvalue weighted by atomic mass is 10.1. The number of carbonyl (C=O) groups excluding carboxylic acids is 1. The van der Waals surface area contributed by atoms with Crippen molar-refractivity contribution in [3.8, 4) is 17.2 Å². The van der Waals surface area contributed by atoms with Gasteiger partial charge in [0, 0.05) is 12.0 Å². The van der Waals surface area contributed by atoms with Crippen molar-refractivity contribution in [2.45, 2.75) is 13.3 Å². The van der Waals surface area contributed by atoms with Crippen LogP contribution in [0, 0.1) is 6.92 Å². The van der Waals surface area contributed by atoms with Crippen LogP contribution < -0.4 is 14.8 Å². The molecule has 140 valence electrons. The van der Waals surface area contributed by atoms with E-state index in [0.717, 1.165) is 11.1 Å². The zero-order chi connectivity index (χ0) is 19.4. The van der Waals surface area contributed by atoms with Crippen LogP contribution in [0.4, 0.5) is 5.69 Å². The van der Waals surface area contributed by atoms with Crippen molar-refractivity contribution in [1.82, 2.24) is 0 Å².